The van der Waals surface area contributed by atoms with E-state index in [9.17, 15) is 26.3 Å². The lowest BCUT2D eigenvalue weighted by Gasteiger charge is -2.13. The van der Waals surface area contributed by atoms with Crippen molar-refractivity contribution < 1.29 is 31.1 Å². The second-order valence-electron chi connectivity index (χ2n) is 4.11. The Labute approximate surface area is 104 Å². The summed E-state index contributed by atoms with van der Waals surface area (Å²) in [6.45, 7) is -1.34. The monoisotopic (exact) mass is 285 g/mol. The van der Waals surface area contributed by atoms with E-state index in [0.717, 1.165) is 18.2 Å². The highest BCUT2D eigenvalue weighted by molar-refractivity contribution is 5.43. The molecule has 0 amide bonds. The number of halogens is 6. The molecule has 8 heteroatoms. The van der Waals surface area contributed by atoms with Crippen LogP contribution in [0.3, 0.4) is 0 Å². The van der Waals surface area contributed by atoms with Gasteiger partial charge in [-0.2, -0.15) is 26.3 Å². The molecule has 0 fully saturated rings. The maximum atomic E-state index is 12.4. The average molecular weight is 285 g/mol. The third-order valence-electron chi connectivity index (χ3n) is 2.67. The number of nitrogens with one attached hydrogen (secondary N) is 1. The van der Waals surface area contributed by atoms with E-state index in [1.165, 1.54) is 0 Å². The van der Waals surface area contributed by atoms with Crippen LogP contribution in [0.2, 0.25) is 0 Å². The van der Waals surface area contributed by atoms with Gasteiger partial charge in [0.25, 0.3) is 0 Å². The molecule has 0 spiro atoms. The molecule has 0 bridgehead atoms. The summed E-state index contributed by atoms with van der Waals surface area (Å²) in [5.74, 6) is -0.0329. The van der Waals surface area contributed by atoms with Gasteiger partial charge in [0.05, 0.1) is 18.2 Å². The first-order valence-electron chi connectivity index (χ1n) is 5.31. The minimum atomic E-state index is -4.50. The van der Waals surface area contributed by atoms with Crippen molar-refractivity contribution in [2.75, 3.05) is 13.2 Å². The molecule has 2 nitrogen and oxygen atoms in total. The maximum Gasteiger partial charge on any atom is 0.416 e. The molecule has 106 valence electrons. The van der Waals surface area contributed by atoms with Crippen molar-refractivity contribution in [1.29, 1.82) is 0 Å². The van der Waals surface area contributed by atoms with Gasteiger partial charge in [-0.05, 0) is 12.1 Å². The quantitative estimate of drug-likeness (QED) is 0.842. The standard InChI is InChI=1S/C11H9F6NO/c12-10(13,14)5-18-8-4-19-9-3-6(11(15,16)17)1-2-7(8)9/h1-3,8,18H,4-5H2/t8-/m0/s1. The van der Waals surface area contributed by atoms with E-state index in [1.807, 2.05) is 0 Å². The summed E-state index contributed by atoms with van der Waals surface area (Å²) < 4.78 is 78.5. The van der Waals surface area contributed by atoms with Gasteiger partial charge in [0.1, 0.15) is 12.4 Å². The Bertz CT molecular complexity index is 467. The zero-order chi connectivity index (χ0) is 14.3. The van der Waals surface area contributed by atoms with Gasteiger partial charge in [0.15, 0.2) is 0 Å². The van der Waals surface area contributed by atoms with Crippen molar-refractivity contribution >= 4 is 0 Å². The summed E-state index contributed by atoms with van der Waals surface area (Å²) in [6, 6.07) is 2.01. The highest BCUT2D eigenvalue weighted by atomic mass is 19.4. The zero-order valence-electron chi connectivity index (χ0n) is 9.40. The number of fused-ring (bicyclic) bond motifs is 1. The number of rotatable bonds is 2. The van der Waals surface area contributed by atoms with E-state index < -0.39 is 30.5 Å². The van der Waals surface area contributed by atoms with Crippen molar-refractivity contribution in [3.05, 3.63) is 29.3 Å². The number of benzene rings is 1. The van der Waals surface area contributed by atoms with Gasteiger partial charge in [-0.1, -0.05) is 6.07 Å². The molecule has 1 heterocycles. The van der Waals surface area contributed by atoms with Crippen molar-refractivity contribution in [3.8, 4) is 5.75 Å². The largest absolute Gasteiger partial charge is 0.491 e. The Morgan fingerprint density at radius 2 is 1.84 bits per heavy atom. The summed E-state index contributed by atoms with van der Waals surface area (Å²) in [5.41, 5.74) is -0.583. The zero-order valence-corrected chi connectivity index (χ0v) is 9.40. The molecule has 1 N–H and O–H groups in total. The first-order valence-corrected chi connectivity index (χ1v) is 5.31. The first kappa shape index (κ1) is 14.0. The molecule has 1 aromatic carbocycles. The minimum absolute atomic E-state index is 0.0329. The molecule has 2 rings (SSSR count). The van der Waals surface area contributed by atoms with Crippen molar-refractivity contribution in [2.24, 2.45) is 0 Å². The molecular weight excluding hydrogens is 276 g/mol. The van der Waals surface area contributed by atoms with Crippen LogP contribution >= 0.6 is 0 Å². The predicted molar refractivity (Wildman–Crippen MR) is 53.7 cm³/mol. The number of hydrogen-bond acceptors (Lipinski definition) is 2. The van der Waals surface area contributed by atoms with Gasteiger partial charge in [-0.15, -0.1) is 0 Å². The average Bonchev–Trinajstić information content (AvgIpc) is 2.66. The summed E-state index contributed by atoms with van der Waals surface area (Å²) >= 11 is 0. The predicted octanol–water partition coefficient (Wildman–Crippen LogP) is 3.29. The van der Waals surface area contributed by atoms with Crippen LogP contribution in [0.5, 0.6) is 5.75 Å². The van der Waals surface area contributed by atoms with Crippen molar-refractivity contribution in [2.45, 2.75) is 18.4 Å². The van der Waals surface area contributed by atoms with E-state index in [0.29, 0.717) is 5.56 Å². The van der Waals surface area contributed by atoms with Crippen molar-refractivity contribution in [1.82, 2.24) is 5.32 Å². The van der Waals surface area contributed by atoms with Gasteiger partial charge in [-0.3, -0.25) is 5.32 Å². The first-order chi connectivity index (χ1) is 8.67. The molecule has 0 aromatic heterocycles. The summed E-state index contributed by atoms with van der Waals surface area (Å²) in [5, 5.41) is 2.20. The van der Waals surface area contributed by atoms with Gasteiger partial charge >= 0.3 is 12.4 Å². The molecule has 0 saturated heterocycles. The Balaban J connectivity index is 2.14. The lowest BCUT2D eigenvalue weighted by Crippen LogP contribution is -2.32. The maximum absolute atomic E-state index is 12.4. The fourth-order valence-electron chi connectivity index (χ4n) is 1.79. The molecule has 0 unspecified atom stereocenters. The van der Waals surface area contributed by atoms with Gasteiger partial charge < -0.3 is 4.74 Å². The van der Waals surface area contributed by atoms with Crippen LogP contribution in [-0.4, -0.2) is 19.3 Å². The minimum Gasteiger partial charge on any atom is -0.491 e. The second-order valence-corrected chi connectivity index (χ2v) is 4.11. The third-order valence-corrected chi connectivity index (χ3v) is 2.67. The highest BCUT2D eigenvalue weighted by Gasteiger charge is 2.35. The molecule has 1 aliphatic rings. The van der Waals surface area contributed by atoms with Crippen LogP contribution in [0.1, 0.15) is 17.2 Å². The normalized spacial score (nSPS) is 19.2. The molecular formula is C11H9F6NO. The Morgan fingerprint density at radius 3 is 2.42 bits per heavy atom. The van der Waals surface area contributed by atoms with Crippen LogP contribution in [0, 0.1) is 0 Å². The molecule has 19 heavy (non-hydrogen) atoms. The molecule has 0 saturated carbocycles. The van der Waals surface area contributed by atoms with Crippen molar-refractivity contribution in [3.63, 3.8) is 0 Å². The second kappa shape index (κ2) is 4.59. The number of ether oxygens (including phenoxy) is 1. The Morgan fingerprint density at radius 1 is 1.16 bits per heavy atom. The summed E-state index contributed by atoms with van der Waals surface area (Å²) in [4.78, 5) is 0. The lowest BCUT2D eigenvalue weighted by molar-refractivity contribution is -0.137. The number of alkyl halides is 6. The lowest BCUT2D eigenvalue weighted by atomic mass is 10.1. The molecule has 1 aliphatic heterocycles. The fraction of sp³-hybridized carbons (Fsp3) is 0.455. The van der Waals surface area contributed by atoms with Gasteiger partial charge in [0, 0.05) is 5.56 Å². The van der Waals surface area contributed by atoms with Crippen LogP contribution in [0.15, 0.2) is 18.2 Å². The third kappa shape index (κ3) is 3.31. The van der Waals surface area contributed by atoms with Crippen LogP contribution < -0.4 is 10.1 Å². The summed E-state index contributed by atoms with van der Waals surface area (Å²) in [6.07, 6.45) is -8.88. The van der Waals surface area contributed by atoms with Crippen LogP contribution in [-0.2, 0) is 6.18 Å². The van der Waals surface area contributed by atoms with E-state index in [4.69, 9.17) is 4.74 Å². The number of hydrogen-bond donors (Lipinski definition) is 1. The van der Waals surface area contributed by atoms with E-state index >= 15 is 0 Å². The summed E-state index contributed by atoms with van der Waals surface area (Å²) in [7, 11) is 0. The smallest absolute Gasteiger partial charge is 0.416 e. The Kier molecular flexibility index (Phi) is 3.38. The van der Waals surface area contributed by atoms with Crippen LogP contribution in [0.25, 0.3) is 0 Å². The molecule has 0 radical (unpaired) electrons. The van der Waals surface area contributed by atoms with E-state index in [-0.39, 0.29) is 12.4 Å². The van der Waals surface area contributed by atoms with Crippen LogP contribution in [0.4, 0.5) is 26.3 Å². The fourth-order valence-corrected chi connectivity index (χ4v) is 1.79. The van der Waals surface area contributed by atoms with Gasteiger partial charge in [0.2, 0.25) is 0 Å². The topological polar surface area (TPSA) is 21.3 Å². The van der Waals surface area contributed by atoms with E-state index in [2.05, 4.69) is 5.32 Å². The highest BCUT2D eigenvalue weighted by Crippen LogP contribution is 2.38. The molecule has 0 aliphatic carbocycles. The SMILES string of the molecule is FC(F)(F)CN[C@H]1COc2cc(C(F)(F)F)ccc21. The Hall–Kier alpha value is -1.44. The molecule has 1 atom stereocenters. The van der Waals surface area contributed by atoms with Gasteiger partial charge in [-0.25, -0.2) is 0 Å². The molecule has 1 aromatic rings. The van der Waals surface area contributed by atoms with E-state index in [1.54, 1.807) is 0 Å².